The van der Waals surface area contributed by atoms with Crippen LogP contribution >= 0.6 is 0 Å². The number of hydrogen-bond donors (Lipinski definition) is 0. The molecule has 2 heterocycles. The number of pyridine rings is 1. The molecule has 47 heavy (non-hydrogen) atoms. The van der Waals surface area contributed by atoms with Crippen molar-refractivity contribution in [3.8, 4) is 5.75 Å². The number of fused-ring (bicyclic) bond motifs is 1. The number of aryl methyl sites for hydroxylation is 1. The minimum atomic E-state index is 0.0179. The number of methoxy groups -OCH3 is 1. The normalized spacial score (nSPS) is 14.5. The topological polar surface area (TPSA) is 41.0 Å². The summed E-state index contributed by atoms with van der Waals surface area (Å²) >= 11 is 0. The van der Waals surface area contributed by atoms with E-state index in [9.17, 15) is 0 Å². The summed E-state index contributed by atoms with van der Waals surface area (Å²) in [5.41, 5.74) is 9.24. The number of rotatable bonds is 10. The zero-order chi connectivity index (χ0) is 32.0. The molecule has 0 amide bonds. The molecule has 7 rings (SSSR count). The maximum Gasteiger partial charge on any atom is 0.150 e. The van der Waals surface area contributed by atoms with Crippen LogP contribution in [-0.2, 0) is 13.1 Å². The van der Waals surface area contributed by atoms with Crippen molar-refractivity contribution in [2.24, 2.45) is 5.10 Å². The molecule has 5 aromatic carbocycles. The minimum absolute atomic E-state index is 0.0179. The van der Waals surface area contributed by atoms with E-state index in [1.807, 2.05) is 18.2 Å². The first-order chi connectivity index (χ1) is 23.1. The largest absolute Gasteiger partial charge is 0.497 e. The molecule has 0 saturated carbocycles. The molecule has 6 aromatic rings. The Bertz CT molecular complexity index is 1960. The van der Waals surface area contributed by atoms with Crippen LogP contribution in [0.15, 0.2) is 151 Å². The van der Waals surface area contributed by atoms with Gasteiger partial charge in [0.1, 0.15) is 11.6 Å². The van der Waals surface area contributed by atoms with Crippen LogP contribution in [0.2, 0.25) is 0 Å². The average molecular weight is 615 g/mol. The molecule has 232 valence electrons. The molecular weight excluding hydrogens is 576 g/mol. The Hall–Kier alpha value is -5.68. The molecule has 1 aliphatic rings. The van der Waals surface area contributed by atoms with Crippen LogP contribution in [0, 0.1) is 6.92 Å². The molecule has 0 saturated heterocycles. The van der Waals surface area contributed by atoms with Crippen LogP contribution in [0.1, 0.15) is 40.3 Å². The molecule has 0 spiro atoms. The highest BCUT2D eigenvalue weighted by atomic mass is 16.5. The van der Waals surface area contributed by atoms with Gasteiger partial charge in [0.25, 0.3) is 0 Å². The third-order valence-electron chi connectivity index (χ3n) is 8.74. The lowest BCUT2D eigenvalue weighted by Gasteiger charge is -2.27. The van der Waals surface area contributed by atoms with Gasteiger partial charge in [-0.15, -0.1) is 0 Å². The Morgan fingerprint density at radius 1 is 0.745 bits per heavy atom. The van der Waals surface area contributed by atoms with E-state index in [1.165, 1.54) is 27.9 Å². The summed E-state index contributed by atoms with van der Waals surface area (Å²) in [6, 6.07) is 48.9. The second-order valence-corrected chi connectivity index (χ2v) is 12.0. The highest BCUT2D eigenvalue weighted by molar-refractivity contribution is 6.01. The smallest absolute Gasteiger partial charge is 0.150 e. The predicted molar refractivity (Wildman–Crippen MR) is 195 cm³/mol. The maximum absolute atomic E-state index is 5.33. The summed E-state index contributed by atoms with van der Waals surface area (Å²) in [6.07, 6.45) is 5.02. The van der Waals surface area contributed by atoms with Gasteiger partial charge in [-0.3, -0.25) is 0 Å². The molecule has 5 nitrogen and oxygen atoms in total. The fourth-order valence-electron chi connectivity index (χ4n) is 6.21. The van der Waals surface area contributed by atoms with Gasteiger partial charge in [0.2, 0.25) is 0 Å². The van der Waals surface area contributed by atoms with Gasteiger partial charge in [0, 0.05) is 30.6 Å². The summed E-state index contributed by atoms with van der Waals surface area (Å²) in [5, 5.41) is 8.42. The molecule has 5 heteroatoms. The van der Waals surface area contributed by atoms with E-state index in [0.29, 0.717) is 0 Å². The number of nitrogens with zero attached hydrogens (tertiary/aromatic N) is 4. The van der Waals surface area contributed by atoms with Crippen molar-refractivity contribution in [2.45, 2.75) is 32.5 Å². The van der Waals surface area contributed by atoms with Crippen LogP contribution in [0.25, 0.3) is 17.0 Å². The molecule has 0 aliphatic carbocycles. The molecule has 1 atom stereocenters. The van der Waals surface area contributed by atoms with E-state index in [0.717, 1.165) is 53.3 Å². The lowest BCUT2D eigenvalue weighted by molar-refractivity contribution is 0.415. The number of para-hydroxylation sites is 1. The van der Waals surface area contributed by atoms with Crippen molar-refractivity contribution in [3.63, 3.8) is 0 Å². The molecule has 0 bridgehead atoms. The molecular formula is C42H38N4O. The van der Waals surface area contributed by atoms with Gasteiger partial charge < -0.3 is 9.64 Å². The van der Waals surface area contributed by atoms with E-state index in [-0.39, 0.29) is 6.04 Å². The van der Waals surface area contributed by atoms with Gasteiger partial charge in [0.15, 0.2) is 0 Å². The third kappa shape index (κ3) is 6.95. The number of benzene rings is 5. The Balaban J connectivity index is 1.20. The van der Waals surface area contributed by atoms with E-state index in [2.05, 4.69) is 150 Å². The van der Waals surface area contributed by atoms with Crippen molar-refractivity contribution in [3.05, 3.63) is 173 Å². The van der Waals surface area contributed by atoms with Crippen LogP contribution in [0.4, 0.5) is 11.5 Å². The van der Waals surface area contributed by atoms with E-state index >= 15 is 0 Å². The van der Waals surface area contributed by atoms with Gasteiger partial charge >= 0.3 is 0 Å². The second kappa shape index (κ2) is 13.8. The van der Waals surface area contributed by atoms with Crippen LogP contribution < -0.4 is 14.6 Å². The Morgan fingerprint density at radius 3 is 2.04 bits per heavy atom. The third-order valence-corrected chi connectivity index (χ3v) is 8.74. The number of allylic oxidation sites excluding steroid dienone is 1. The van der Waals surface area contributed by atoms with Crippen molar-refractivity contribution in [2.75, 3.05) is 17.0 Å². The standard InChI is InChI=1S/C42H38N4O/c1-31-27-42(43-40-16-10-9-15-39(31)40)46-41(28-36(44-46)22-17-32-18-25-38(47-2)26-19-32)35-20-23-37(24-21-35)45(29-33-11-5-3-6-12-33)30-34-13-7-4-8-14-34/h3-27,41H,28-30H2,1-2H3. The van der Waals surface area contributed by atoms with E-state index in [1.54, 1.807) is 7.11 Å². The fraction of sp³-hybridized carbons (Fsp3) is 0.143. The second-order valence-electron chi connectivity index (χ2n) is 12.0. The van der Waals surface area contributed by atoms with Crippen molar-refractivity contribution in [1.82, 2.24) is 4.98 Å². The number of hydrogen-bond acceptors (Lipinski definition) is 5. The summed E-state index contributed by atoms with van der Waals surface area (Å²) in [5.74, 6) is 1.71. The zero-order valence-corrected chi connectivity index (χ0v) is 26.8. The van der Waals surface area contributed by atoms with Gasteiger partial charge in [-0.1, -0.05) is 109 Å². The van der Waals surface area contributed by atoms with Crippen molar-refractivity contribution in [1.29, 1.82) is 0 Å². The SMILES string of the molecule is COc1ccc(C=CC2=NN(c3cc(C)c4ccccc4n3)C(c3ccc(N(Cc4ccccc4)Cc4ccccc4)cc3)C2)cc1. The first-order valence-corrected chi connectivity index (χ1v) is 16.1. The lowest BCUT2D eigenvalue weighted by atomic mass is 10.00. The monoisotopic (exact) mass is 614 g/mol. The summed E-state index contributed by atoms with van der Waals surface area (Å²) in [6.45, 7) is 3.80. The fourth-order valence-corrected chi connectivity index (χ4v) is 6.21. The van der Waals surface area contributed by atoms with Crippen LogP contribution in [0.3, 0.4) is 0 Å². The zero-order valence-electron chi connectivity index (χ0n) is 26.8. The quantitative estimate of drug-likeness (QED) is 0.154. The van der Waals surface area contributed by atoms with Gasteiger partial charge in [-0.05, 0) is 77.2 Å². The number of aromatic nitrogens is 1. The summed E-state index contributed by atoms with van der Waals surface area (Å²) < 4.78 is 5.33. The molecule has 0 fully saturated rings. The Morgan fingerprint density at radius 2 is 1.38 bits per heavy atom. The van der Waals surface area contributed by atoms with Crippen LogP contribution in [0.5, 0.6) is 5.75 Å². The van der Waals surface area contributed by atoms with Crippen molar-refractivity contribution < 1.29 is 4.74 Å². The summed E-state index contributed by atoms with van der Waals surface area (Å²) in [7, 11) is 1.69. The maximum atomic E-state index is 5.33. The van der Waals surface area contributed by atoms with Crippen molar-refractivity contribution >= 4 is 34.2 Å². The highest BCUT2D eigenvalue weighted by Crippen LogP contribution is 2.37. The predicted octanol–water partition coefficient (Wildman–Crippen LogP) is 9.78. The summed E-state index contributed by atoms with van der Waals surface area (Å²) in [4.78, 5) is 7.52. The molecule has 1 unspecified atom stereocenters. The number of ether oxygens (including phenoxy) is 1. The highest BCUT2D eigenvalue weighted by Gasteiger charge is 2.30. The van der Waals surface area contributed by atoms with E-state index < -0.39 is 0 Å². The average Bonchev–Trinajstić information content (AvgIpc) is 3.56. The first kappa shape index (κ1) is 30.0. The molecule has 1 aromatic heterocycles. The molecule has 1 aliphatic heterocycles. The Kier molecular flexibility index (Phi) is 8.78. The Labute approximate surface area is 277 Å². The number of anilines is 2. The van der Waals surface area contributed by atoms with E-state index in [4.69, 9.17) is 14.8 Å². The number of hydrazone groups is 1. The minimum Gasteiger partial charge on any atom is -0.497 e. The van der Waals surface area contributed by atoms with Gasteiger partial charge in [-0.2, -0.15) is 5.10 Å². The molecule has 0 N–H and O–H groups in total. The molecule has 0 radical (unpaired) electrons. The lowest BCUT2D eigenvalue weighted by Crippen LogP contribution is -2.23. The first-order valence-electron chi connectivity index (χ1n) is 16.1. The van der Waals surface area contributed by atoms with Gasteiger partial charge in [-0.25, -0.2) is 9.99 Å². The van der Waals surface area contributed by atoms with Gasteiger partial charge in [0.05, 0.1) is 24.4 Å². The van der Waals surface area contributed by atoms with Crippen LogP contribution in [-0.4, -0.2) is 17.8 Å².